The number of sulfonamides is 1. The van der Waals surface area contributed by atoms with Crippen molar-refractivity contribution in [3.05, 3.63) is 54.6 Å². The van der Waals surface area contributed by atoms with Gasteiger partial charge in [0, 0.05) is 32.1 Å². The van der Waals surface area contributed by atoms with Crippen LogP contribution in [0.5, 0.6) is 0 Å². The second-order valence-corrected chi connectivity index (χ2v) is 9.90. The lowest BCUT2D eigenvalue weighted by molar-refractivity contribution is -0.137. The number of rotatable bonds is 4. The van der Waals surface area contributed by atoms with E-state index in [1.807, 2.05) is 41.3 Å². The zero-order valence-corrected chi connectivity index (χ0v) is 17.5. The zero-order valence-electron chi connectivity index (χ0n) is 16.7. The predicted molar refractivity (Wildman–Crippen MR) is 114 cm³/mol. The molecule has 1 aliphatic heterocycles. The van der Waals surface area contributed by atoms with Crippen molar-refractivity contribution in [1.82, 2.24) is 9.21 Å². The Hall–Kier alpha value is -2.18. The quantitative estimate of drug-likeness (QED) is 0.768. The summed E-state index contributed by atoms with van der Waals surface area (Å²) in [6.07, 6.45) is 5.43. The molecule has 0 unspecified atom stereocenters. The average molecular weight is 413 g/mol. The summed E-state index contributed by atoms with van der Waals surface area (Å²) in [6.45, 7) is 1.67. The van der Waals surface area contributed by atoms with E-state index in [2.05, 4.69) is 0 Å². The van der Waals surface area contributed by atoms with Crippen LogP contribution in [0.25, 0.3) is 11.1 Å². The van der Waals surface area contributed by atoms with Gasteiger partial charge < -0.3 is 4.90 Å². The third-order valence-corrected chi connectivity index (χ3v) is 7.98. The fourth-order valence-corrected chi connectivity index (χ4v) is 5.84. The van der Waals surface area contributed by atoms with E-state index in [4.69, 9.17) is 0 Å². The number of benzene rings is 2. The van der Waals surface area contributed by atoms with Gasteiger partial charge in [-0.1, -0.05) is 61.7 Å². The Labute approximate surface area is 173 Å². The molecule has 5 nitrogen and oxygen atoms in total. The van der Waals surface area contributed by atoms with Crippen molar-refractivity contribution in [3.8, 4) is 11.1 Å². The molecule has 1 saturated heterocycles. The summed E-state index contributed by atoms with van der Waals surface area (Å²) in [5, 5.41) is 0. The van der Waals surface area contributed by atoms with Crippen LogP contribution in [0, 0.1) is 5.92 Å². The predicted octanol–water partition coefficient (Wildman–Crippen LogP) is 3.77. The molecule has 2 fully saturated rings. The first-order valence-corrected chi connectivity index (χ1v) is 11.9. The third-order valence-electron chi connectivity index (χ3n) is 6.08. The molecule has 2 aromatic carbocycles. The lowest BCUT2D eigenvalue weighted by Crippen LogP contribution is -2.52. The molecule has 0 spiro atoms. The lowest BCUT2D eigenvalue weighted by atomic mass is 9.88. The normalized spacial score (nSPS) is 19.2. The highest BCUT2D eigenvalue weighted by Crippen LogP contribution is 2.27. The van der Waals surface area contributed by atoms with E-state index in [0.29, 0.717) is 31.1 Å². The van der Waals surface area contributed by atoms with Gasteiger partial charge in [-0.3, -0.25) is 4.79 Å². The van der Waals surface area contributed by atoms with E-state index in [0.717, 1.165) is 36.8 Å². The molecule has 0 atom stereocenters. The number of hydrogen-bond donors (Lipinski definition) is 0. The van der Waals surface area contributed by atoms with E-state index >= 15 is 0 Å². The highest BCUT2D eigenvalue weighted by Gasteiger charge is 2.33. The molecule has 4 rings (SSSR count). The Kier molecular flexibility index (Phi) is 6.01. The Morgan fingerprint density at radius 2 is 1.45 bits per heavy atom. The van der Waals surface area contributed by atoms with Crippen LogP contribution < -0.4 is 0 Å². The van der Waals surface area contributed by atoms with Crippen molar-refractivity contribution in [2.75, 3.05) is 26.2 Å². The lowest BCUT2D eigenvalue weighted by Gasteiger charge is -2.36. The number of amides is 1. The first kappa shape index (κ1) is 20.1. The van der Waals surface area contributed by atoms with Gasteiger partial charge in [-0.2, -0.15) is 4.31 Å². The van der Waals surface area contributed by atoms with Gasteiger partial charge in [-0.25, -0.2) is 8.42 Å². The van der Waals surface area contributed by atoms with E-state index in [9.17, 15) is 13.2 Å². The number of hydrogen-bond acceptors (Lipinski definition) is 3. The van der Waals surface area contributed by atoms with E-state index < -0.39 is 10.0 Å². The van der Waals surface area contributed by atoms with Crippen LogP contribution in [-0.4, -0.2) is 49.7 Å². The molecule has 6 heteroatoms. The van der Waals surface area contributed by atoms with Gasteiger partial charge in [-0.05, 0) is 36.1 Å². The average Bonchev–Trinajstić information content (AvgIpc) is 2.80. The maximum Gasteiger partial charge on any atom is 0.243 e. The molecule has 0 aromatic heterocycles. The molecule has 0 N–H and O–H groups in total. The van der Waals surface area contributed by atoms with Gasteiger partial charge in [0.15, 0.2) is 0 Å². The molecule has 29 heavy (non-hydrogen) atoms. The van der Waals surface area contributed by atoms with Crippen LogP contribution in [0.2, 0.25) is 0 Å². The van der Waals surface area contributed by atoms with Gasteiger partial charge in [0.05, 0.1) is 4.90 Å². The molecular formula is C23H28N2O3S. The van der Waals surface area contributed by atoms with E-state index in [1.165, 1.54) is 10.7 Å². The molecule has 1 heterocycles. The Balaban J connectivity index is 1.45. The van der Waals surface area contributed by atoms with Gasteiger partial charge in [-0.15, -0.1) is 0 Å². The summed E-state index contributed by atoms with van der Waals surface area (Å²) in [6, 6.07) is 16.9. The summed E-state index contributed by atoms with van der Waals surface area (Å²) < 4.78 is 27.9. The first-order chi connectivity index (χ1) is 14.1. The van der Waals surface area contributed by atoms with Crippen molar-refractivity contribution in [2.45, 2.75) is 37.0 Å². The number of carbonyl (C=O) groups is 1. The van der Waals surface area contributed by atoms with Crippen molar-refractivity contribution in [3.63, 3.8) is 0 Å². The second-order valence-electron chi connectivity index (χ2n) is 7.96. The van der Waals surface area contributed by atoms with Crippen LogP contribution in [0.1, 0.15) is 32.1 Å². The summed E-state index contributed by atoms with van der Waals surface area (Å²) in [7, 11) is -3.57. The highest BCUT2D eigenvalue weighted by atomic mass is 32.2. The van der Waals surface area contributed by atoms with Gasteiger partial charge in [0.2, 0.25) is 15.9 Å². The minimum Gasteiger partial charge on any atom is -0.340 e. The Bertz CT molecular complexity index is 945. The van der Waals surface area contributed by atoms with E-state index in [1.54, 1.807) is 18.2 Å². The smallest absolute Gasteiger partial charge is 0.243 e. The minimum absolute atomic E-state index is 0.134. The first-order valence-electron chi connectivity index (χ1n) is 10.5. The molecule has 1 aliphatic carbocycles. The molecular weight excluding hydrogens is 384 g/mol. The summed E-state index contributed by atoms with van der Waals surface area (Å²) in [5.74, 6) is 0.349. The second kappa shape index (κ2) is 8.67. The van der Waals surface area contributed by atoms with Crippen LogP contribution in [0.4, 0.5) is 0 Å². The van der Waals surface area contributed by atoms with Crippen LogP contribution in [-0.2, 0) is 14.8 Å². The monoisotopic (exact) mass is 412 g/mol. The molecule has 154 valence electrons. The van der Waals surface area contributed by atoms with Crippen LogP contribution >= 0.6 is 0 Å². The largest absolute Gasteiger partial charge is 0.340 e. The van der Waals surface area contributed by atoms with Crippen molar-refractivity contribution in [1.29, 1.82) is 0 Å². The molecule has 1 amide bonds. The third kappa shape index (κ3) is 4.38. The highest BCUT2D eigenvalue weighted by molar-refractivity contribution is 7.89. The fourth-order valence-electron chi connectivity index (χ4n) is 4.37. The van der Waals surface area contributed by atoms with Crippen LogP contribution in [0.3, 0.4) is 0 Å². The van der Waals surface area contributed by atoms with Crippen molar-refractivity contribution < 1.29 is 13.2 Å². The Morgan fingerprint density at radius 1 is 0.793 bits per heavy atom. The van der Waals surface area contributed by atoms with Gasteiger partial charge in [0.1, 0.15) is 0 Å². The minimum atomic E-state index is -3.57. The molecule has 0 radical (unpaired) electrons. The van der Waals surface area contributed by atoms with Crippen molar-refractivity contribution in [2.24, 2.45) is 5.92 Å². The van der Waals surface area contributed by atoms with E-state index in [-0.39, 0.29) is 11.8 Å². The number of piperazine rings is 1. The van der Waals surface area contributed by atoms with Gasteiger partial charge in [0.25, 0.3) is 0 Å². The standard InChI is InChI=1S/C23H28N2O3S/c26-23(20-10-5-2-6-11-20)24-14-16-25(17-15-24)29(27,28)22-13-7-12-21(18-22)19-8-3-1-4-9-19/h1,3-4,7-9,12-13,18,20H,2,5-6,10-11,14-17H2. The molecule has 1 saturated carbocycles. The summed E-state index contributed by atoms with van der Waals surface area (Å²) in [4.78, 5) is 14.9. The zero-order chi connectivity index (χ0) is 20.3. The number of nitrogens with zero attached hydrogens (tertiary/aromatic N) is 2. The number of carbonyl (C=O) groups excluding carboxylic acids is 1. The SMILES string of the molecule is O=C(C1CCCCC1)N1CCN(S(=O)(=O)c2cccc(-c3ccccc3)c2)CC1. The fraction of sp³-hybridized carbons (Fsp3) is 0.435. The van der Waals surface area contributed by atoms with Crippen LogP contribution in [0.15, 0.2) is 59.5 Å². The Morgan fingerprint density at radius 3 is 2.14 bits per heavy atom. The molecule has 2 aliphatic rings. The maximum atomic E-state index is 13.2. The van der Waals surface area contributed by atoms with Gasteiger partial charge >= 0.3 is 0 Å². The molecule has 0 bridgehead atoms. The topological polar surface area (TPSA) is 57.7 Å². The maximum absolute atomic E-state index is 13.2. The summed E-state index contributed by atoms with van der Waals surface area (Å²) in [5.41, 5.74) is 1.88. The summed E-state index contributed by atoms with van der Waals surface area (Å²) >= 11 is 0. The van der Waals surface area contributed by atoms with Crippen molar-refractivity contribution >= 4 is 15.9 Å². The molecule has 2 aromatic rings.